The molecule has 0 aliphatic heterocycles. The van der Waals surface area contributed by atoms with Crippen LogP contribution >= 0.6 is 0 Å². The Morgan fingerprint density at radius 3 is 2.58 bits per heavy atom. The molecule has 0 radical (unpaired) electrons. The zero-order valence-corrected chi connectivity index (χ0v) is 12.3. The number of methoxy groups -OCH3 is 1. The molecule has 2 N–H and O–H groups in total. The quantitative estimate of drug-likeness (QED) is 0.745. The second-order valence-corrected chi connectivity index (χ2v) is 6.28. The van der Waals surface area contributed by atoms with Gasteiger partial charge in [0.1, 0.15) is 10.6 Å². The summed E-state index contributed by atoms with van der Waals surface area (Å²) in [6.07, 6.45) is 0.380. The van der Waals surface area contributed by atoms with Gasteiger partial charge in [0.05, 0.1) is 7.11 Å². The normalized spacial score (nSPS) is 11.8. The molecule has 1 rings (SSSR count). The molecule has 0 aromatic heterocycles. The molecule has 0 spiro atoms. The van der Waals surface area contributed by atoms with Crippen LogP contribution in [-0.4, -0.2) is 33.8 Å². The van der Waals surface area contributed by atoms with E-state index in [1.54, 1.807) is 12.1 Å². The SMILES string of the molecule is COc1ccc(C(C)C)cc1S(=O)(=O)NCCCO. The summed E-state index contributed by atoms with van der Waals surface area (Å²) in [6.45, 7) is 4.15. The topological polar surface area (TPSA) is 75.6 Å². The number of aliphatic hydroxyl groups excluding tert-OH is 1. The largest absolute Gasteiger partial charge is 0.495 e. The van der Waals surface area contributed by atoms with Crippen LogP contribution in [0.25, 0.3) is 0 Å². The standard InChI is InChI=1S/C13H21NO4S/c1-10(2)11-5-6-12(18-3)13(9-11)19(16,17)14-7-4-8-15/h5-6,9-10,14-15H,4,7-8H2,1-3H3. The molecule has 1 aromatic rings. The summed E-state index contributed by atoms with van der Waals surface area (Å²) in [4.78, 5) is 0.138. The van der Waals surface area contributed by atoms with Gasteiger partial charge in [-0.15, -0.1) is 0 Å². The minimum atomic E-state index is -3.62. The summed E-state index contributed by atoms with van der Waals surface area (Å²) in [5.74, 6) is 0.554. The van der Waals surface area contributed by atoms with Crippen LogP contribution in [0.15, 0.2) is 23.1 Å². The molecule has 0 bridgehead atoms. The number of nitrogens with one attached hydrogen (secondary N) is 1. The summed E-state index contributed by atoms with van der Waals surface area (Å²) in [5.41, 5.74) is 0.934. The van der Waals surface area contributed by atoms with E-state index in [1.165, 1.54) is 7.11 Å². The van der Waals surface area contributed by atoms with E-state index < -0.39 is 10.0 Å². The number of rotatable bonds is 7. The van der Waals surface area contributed by atoms with Crippen LogP contribution in [0.1, 0.15) is 31.7 Å². The number of hydrogen-bond acceptors (Lipinski definition) is 4. The van der Waals surface area contributed by atoms with Gasteiger partial charge in [-0.1, -0.05) is 19.9 Å². The number of benzene rings is 1. The predicted octanol–water partition coefficient (Wildman–Crippen LogP) is 1.48. The van der Waals surface area contributed by atoms with E-state index in [-0.39, 0.29) is 24.0 Å². The molecule has 1 aromatic carbocycles. The number of sulfonamides is 1. The Morgan fingerprint density at radius 1 is 1.37 bits per heavy atom. The van der Waals surface area contributed by atoms with Crippen molar-refractivity contribution in [1.29, 1.82) is 0 Å². The molecular formula is C13H21NO4S. The van der Waals surface area contributed by atoms with Gasteiger partial charge < -0.3 is 9.84 Å². The molecule has 0 aliphatic rings. The maximum Gasteiger partial charge on any atom is 0.244 e. The third-order valence-corrected chi connectivity index (χ3v) is 4.25. The van der Waals surface area contributed by atoms with E-state index in [9.17, 15) is 8.42 Å². The van der Waals surface area contributed by atoms with Gasteiger partial charge in [-0.05, 0) is 30.0 Å². The van der Waals surface area contributed by atoms with Crippen LogP contribution in [0.5, 0.6) is 5.75 Å². The minimum Gasteiger partial charge on any atom is -0.495 e. The highest BCUT2D eigenvalue weighted by atomic mass is 32.2. The maximum atomic E-state index is 12.2. The summed E-state index contributed by atoms with van der Waals surface area (Å²) in [6, 6.07) is 5.15. The number of ether oxygens (including phenoxy) is 1. The van der Waals surface area contributed by atoms with Gasteiger partial charge in [-0.3, -0.25) is 0 Å². The molecular weight excluding hydrogens is 266 g/mol. The molecule has 5 nitrogen and oxygen atoms in total. The van der Waals surface area contributed by atoms with Crippen molar-refractivity contribution in [3.8, 4) is 5.75 Å². The van der Waals surface area contributed by atoms with Crippen molar-refractivity contribution in [2.75, 3.05) is 20.3 Å². The molecule has 0 aliphatic carbocycles. The first-order chi connectivity index (χ1) is 8.92. The highest BCUT2D eigenvalue weighted by Gasteiger charge is 2.20. The van der Waals surface area contributed by atoms with Crippen molar-refractivity contribution in [1.82, 2.24) is 4.72 Å². The van der Waals surface area contributed by atoms with Crippen molar-refractivity contribution in [2.45, 2.75) is 31.1 Å². The van der Waals surface area contributed by atoms with Gasteiger partial charge in [-0.2, -0.15) is 0 Å². The summed E-state index contributed by atoms with van der Waals surface area (Å²) < 4.78 is 31.9. The van der Waals surface area contributed by atoms with Gasteiger partial charge in [0.2, 0.25) is 10.0 Å². The lowest BCUT2D eigenvalue weighted by molar-refractivity contribution is 0.289. The molecule has 6 heteroatoms. The third-order valence-electron chi connectivity index (χ3n) is 2.77. The Labute approximate surface area is 114 Å². The number of hydrogen-bond donors (Lipinski definition) is 2. The van der Waals surface area contributed by atoms with Crippen molar-refractivity contribution in [2.24, 2.45) is 0 Å². The first kappa shape index (κ1) is 15.9. The summed E-state index contributed by atoms with van der Waals surface area (Å²) in [5, 5.41) is 8.69. The fraction of sp³-hybridized carbons (Fsp3) is 0.538. The Bertz CT molecular complexity index is 511. The van der Waals surface area contributed by atoms with Gasteiger partial charge in [-0.25, -0.2) is 13.1 Å². The maximum absolute atomic E-state index is 12.2. The second-order valence-electron chi connectivity index (χ2n) is 4.54. The molecule has 19 heavy (non-hydrogen) atoms. The second kappa shape index (κ2) is 6.88. The van der Waals surface area contributed by atoms with Crippen LogP contribution in [0.4, 0.5) is 0 Å². The van der Waals surface area contributed by atoms with Crippen molar-refractivity contribution in [3.05, 3.63) is 23.8 Å². The summed E-state index contributed by atoms with van der Waals surface area (Å²) in [7, 11) is -2.18. The van der Waals surface area contributed by atoms with Gasteiger partial charge in [0.25, 0.3) is 0 Å². The van der Waals surface area contributed by atoms with E-state index in [2.05, 4.69) is 4.72 Å². The molecule has 0 saturated carbocycles. The fourth-order valence-corrected chi connectivity index (χ4v) is 2.90. The Hall–Kier alpha value is -1.11. The van der Waals surface area contributed by atoms with Gasteiger partial charge in [0.15, 0.2) is 0 Å². The summed E-state index contributed by atoms with van der Waals surface area (Å²) >= 11 is 0. The van der Waals surface area contributed by atoms with Crippen LogP contribution in [-0.2, 0) is 10.0 Å². The fourth-order valence-electron chi connectivity index (χ4n) is 1.63. The highest BCUT2D eigenvalue weighted by Crippen LogP contribution is 2.27. The zero-order valence-electron chi connectivity index (χ0n) is 11.5. The van der Waals surface area contributed by atoms with E-state index in [1.807, 2.05) is 19.9 Å². The van der Waals surface area contributed by atoms with Gasteiger partial charge >= 0.3 is 0 Å². The van der Waals surface area contributed by atoms with Gasteiger partial charge in [0, 0.05) is 13.2 Å². The van der Waals surface area contributed by atoms with E-state index in [0.29, 0.717) is 12.2 Å². The Morgan fingerprint density at radius 2 is 2.05 bits per heavy atom. The first-order valence-electron chi connectivity index (χ1n) is 6.21. The number of aliphatic hydroxyl groups is 1. The highest BCUT2D eigenvalue weighted by molar-refractivity contribution is 7.89. The monoisotopic (exact) mass is 287 g/mol. The lowest BCUT2D eigenvalue weighted by Gasteiger charge is -2.13. The van der Waals surface area contributed by atoms with E-state index in [4.69, 9.17) is 9.84 Å². The molecule has 0 fully saturated rings. The zero-order chi connectivity index (χ0) is 14.5. The average Bonchev–Trinajstić information content (AvgIpc) is 2.38. The van der Waals surface area contributed by atoms with Crippen molar-refractivity contribution >= 4 is 10.0 Å². The molecule has 0 unspecified atom stereocenters. The Balaban J connectivity index is 3.11. The molecule has 0 saturated heterocycles. The van der Waals surface area contributed by atoms with Crippen LogP contribution < -0.4 is 9.46 Å². The first-order valence-corrected chi connectivity index (χ1v) is 7.69. The van der Waals surface area contributed by atoms with Crippen LogP contribution in [0, 0.1) is 0 Å². The predicted molar refractivity (Wildman–Crippen MR) is 74.0 cm³/mol. The van der Waals surface area contributed by atoms with E-state index in [0.717, 1.165) is 5.56 Å². The minimum absolute atomic E-state index is 0.0499. The van der Waals surface area contributed by atoms with E-state index >= 15 is 0 Å². The molecule has 0 atom stereocenters. The smallest absolute Gasteiger partial charge is 0.244 e. The lowest BCUT2D eigenvalue weighted by Crippen LogP contribution is -2.26. The Kier molecular flexibility index (Phi) is 5.78. The molecule has 0 amide bonds. The molecule has 0 heterocycles. The van der Waals surface area contributed by atoms with Crippen LogP contribution in [0.2, 0.25) is 0 Å². The van der Waals surface area contributed by atoms with Crippen molar-refractivity contribution < 1.29 is 18.3 Å². The average molecular weight is 287 g/mol. The molecule has 108 valence electrons. The van der Waals surface area contributed by atoms with Crippen molar-refractivity contribution in [3.63, 3.8) is 0 Å². The van der Waals surface area contributed by atoms with Crippen LogP contribution in [0.3, 0.4) is 0 Å². The third kappa shape index (κ3) is 4.19. The lowest BCUT2D eigenvalue weighted by atomic mass is 10.0.